The second kappa shape index (κ2) is 18.4. The molecule has 0 aliphatic rings. The first-order valence-electron chi connectivity index (χ1n) is 12.6. The van der Waals surface area contributed by atoms with Crippen LogP contribution in [0, 0.1) is 0 Å². The molecule has 0 unspecified atom stereocenters. The normalized spacial score (nSPS) is 10.5. The van der Waals surface area contributed by atoms with Crippen molar-refractivity contribution in [3.05, 3.63) is 35.4 Å². The molecule has 2 aromatic carbocycles. The fourth-order valence-electron chi connectivity index (χ4n) is 3.61. The maximum absolute atomic E-state index is 12.4. The summed E-state index contributed by atoms with van der Waals surface area (Å²) in [6, 6.07) is 6.27. The van der Waals surface area contributed by atoms with Crippen LogP contribution in [0.25, 0.3) is 0 Å². The van der Waals surface area contributed by atoms with Crippen molar-refractivity contribution < 1.29 is 61.7 Å². The van der Waals surface area contributed by atoms with Crippen molar-refractivity contribution in [2.24, 2.45) is 0 Å². The van der Waals surface area contributed by atoms with Crippen molar-refractivity contribution in [1.29, 1.82) is 0 Å². The minimum absolute atomic E-state index is 0.0490. The second-order valence-corrected chi connectivity index (χ2v) is 7.87. The molecule has 13 heteroatoms. The topological polar surface area (TPSA) is 136 Å². The van der Waals surface area contributed by atoms with Gasteiger partial charge in [-0.05, 0) is 24.3 Å². The first kappa shape index (κ1) is 33.3. The molecule has 0 saturated carbocycles. The van der Waals surface area contributed by atoms with Gasteiger partial charge in [0.1, 0.15) is 24.3 Å². The average molecular weight is 583 g/mol. The molecule has 0 aliphatic carbocycles. The van der Waals surface area contributed by atoms with Gasteiger partial charge in [-0.25, -0.2) is 9.59 Å². The predicted octanol–water partition coefficient (Wildman–Crippen LogP) is 2.80. The summed E-state index contributed by atoms with van der Waals surface area (Å²) in [4.78, 5) is 24.9. The van der Waals surface area contributed by atoms with Crippen molar-refractivity contribution >= 4 is 11.9 Å². The number of rotatable bonds is 20. The number of hydrogen-bond donors (Lipinski definition) is 0. The van der Waals surface area contributed by atoms with Gasteiger partial charge in [-0.15, -0.1) is 0 Å². The van der Waals surface area contributed by atoms with Crippen molar-refractivity contribution in [3.8, 4) is 34.5 Å². The Morgan fingerprint density at radius 2 is 0.756 bits per heavy atom. The van der Waals surface area contributed by atoms with Gasteiger partial charge in [0.15, 0.2) is 23.0 Å². The maximum atomic E-state index is 12.4. The molecule has 0 aliphatic heterocycles. The molecule has 0 heterocycles. The SMILES string of the molecule is COc1ccc(C(=O)OCCOCCOCCOCCOC(=O)c2ccc(OC)c(OC)c2OC)c(OC)c1OC. The smallest absolute Gasteiger partial charge is 0.342 e. The van der Waals surface area contributed by atoms with E-state index in [0.29, 0.717) is 49.4 Å². The van der Waals surface area contributed by atoms with E-state index in [0.717, 1.165) is 0 Å². The van der Waals surface area contributed by atoms with Crippen molar-refractivity contribution in [2.75, 3.05) is 95.5 Å². The first-order chi connectivity index (χ1) is 20.0. The predicted molar refractivity (Wildman–Crippen MR) is 145 cm³/mol. The molecule has 228 valence electrons. The molecule has 0 N–H and O–H groups in total. The van der Waals surface area contributed by atoms with Crippen LogP contribution in [0.15, 0.2) is 24.3 Å². The largest absolute Gasteiger partial charge is 0.493 e. The Morgan fingerprint density at radius 1 is 0.439 bits per heavy atom. The Labute approximate surface area is 239 Å². The Morgan fingerprint density at radius 3 is 1.05 bits per heavy atom. The summed E-state index contributed by atoms with van der Waals surface area (Å²) in [5.41, 5.74) is 0.424. The zero-order valence-electron chi connectivity index (χ0n) is 24.3. The Balaban J connectivity index is 1.55. The monoisotopic (exact) mass is 582 g/mol. The van der Waals surface area contributed by atoms with Crippen LogP contribution in [0.4, 0.5) is 0 Å². The molecular weight excluding hydrogens is 544 g/mol. The van der Waals surface area contributed by atoms with Gasteiger partial charge in [-0.1, -0.05) is 0 Å². The summed E-state index contributed by atoms with van der Waals surface area (Å²) < 4.78 is 58.3. The van der Waals surface area contributed by atoms with E-state index in [1.165, 1.54) is 42.7 Å². The Kier molecular flexibility index (Phi) is 14.9. The summed E-state index contributed by atoms with van der Waals surface area (Å²) in [5.74, 6) is 0.780. The van der Waals surface area contributed by atoms with Gasteiger partial charge in [-0.3, -0.25) is 0 Å². The molecule has 0 spiro atoms. The second-order valence-electron chi connectivity index (χ2n) is 7.87. The van der Waals surface area contributed by atoms with E-state index in [4.69, 9.17) is 52.1 Å². The third-order valence-electron chi connectivity index (χ3n) is 5.51. The summed E-state index contributed by atoms with van der Waals surface area (Å²) in [6.45, 7) is 1.75. The average Bonchev–Trinajstić information content (AvgIpc) is 3.00. The molecule has 0 saturated heterocycles. The Bertz CT molecular complexity index is 1020. The summed E-state index contributed by atoms with van der Waals surface area (Å²) in [7, 11) is 8.74. The zero-order chi connectivity index (χ0) is 30.0. The van der Waals surface area contributed by atoms with Crippen LogP contribution in [0.1, 0.15) is 20.7 Å². The van der Waals surface area contributed by atoms with Gasteiger partial charge < -0.3 is 52.1 Å². The summed E-state index contributed by atoms with van der Waals surface area (Å²) in [5, 5.41) is 0. The molecule has 0 atom stereocenters. The van der Waals surface area contributed by atoms with Crippen molar-refractivity contribution in [1.82, 2.24) is 0 Å². The number of ether oxygens (including phenoxy) is 11. The first-order valence-corrected chi connectivity index (χ1v) is 12.6. The fourth-order valence-corrected chi connectivity index (χ4v) is 3.61. The van der Waals surface area contributed by atoms with E-state index in [9.17, 15) is 9.59 Å². The van der Waals surface area contributed by atoms with Crippen LogP contribution >= 0.6 is 0 Å². The molecular formula is C28H38O13. The highest BCUT2D eigenvalue weighted by Gasteiger charge is 2.22. The van der Waals surface area contributed by atoms with Gasteiger partial charge in [0, 0.05) is 0 Å². The van der Waals surface area contributed by atoms with Crippen LogP contribution in [-0.2, 0) is 23.7 Å². The standard InChI is InChI=1S/C28H38O13/c1-31-21-9-7-19(23(33-3)25(21)35-5)27(29)40-17-15-38-13-11-37-12-14-39-16-18-41-28(30)20-8-10-22(32-2)26(36-6)24(20)34-4/h7-10H,11-18H2,1-6H3. The molecule has 0 radical (unpaired) electrons. The van der Waals surface area contributed by atoms with E-state index in [-0.39, 0.29) is 49.1 Å². The van der Waals surface area contributed by atoms with Crippen LogP contribution in [0.3, 0.4) is 0 Å². The highest BCUT2D eigenvalue weighted by molar-refractivity contribution is 5.94. The number of carbonyl (C=O) groups is 2. The number of benzene rings is 2. The highest BCUT2D eigenvalue weighted by Crippen LogP contribution is 2.41. The molecule has 0 amide bonds. The van der Waals surface area contributed by atoms with Crippen LogP contribution in [0.2, 0.25) is 0 Å². The third-order valence-corrected chi connectivity index (χ3v) is 5.51. The van der Waals surface area contributed by atoms with Crippen LogP contribution in [-0.4, -0.2) is 107 Å². The van der Waals surface area contributed by atoms with E-state index in [2.05, 4.69) is 0 Å². The lowest BCUT2D eigenvalue weighted by Crippen LogP contribution is -2.16. The van der Waals surface area contributed by atoms with E-state index in [1.54, 1.807) is 24.3 Å². The van der Waals surface area contributed by atoms with E-state index >= 15 is 0 Å². The lowest BCUT2D eigenvalue weighted by molar-refractivity contribution is -0.00683. The number of esters is 2. The van der Waals surface area contributed by atoms with E-state index < -0.39 is 11.9 Å². The molecule has 2 rings (SSSR count). The summed E-state index contributed by atoms with van der Waals surface area (Å²) in [6.07, 6.45) is 0. The van der Waals surface area contributed by atoms with Crippen molar-refractivity contribution in [3.63, 3.8) is 0 Å². The molecule has 41 heavy (non-hydrogen) atoms. The molecule has 13 nitrogen and oxygen atoms in total. The fraction of sp³-hybridized carbons (Fsp3) is 0.500. The zero-order valence-corrected chi connectivity index (χ0v) is 24.3. The van der Waals surface area contributed by atoms with Gasteiger partial charge in [0.2, 0.25) is 11.5 Å². The summed E-state index contributed by atoms with van der Waals surface area (Å²) >= 11 is 0. The maximum Gasteiger partial charge on any atom is 0.342 e. The van der Waals surface area contributed by atoms with Crippen molar-refractivity contribution in [2.45, 2.75) is 0 Å². The van der Waals surface area contributed by atoms with Gasteiger partial charge in [-0.2, -0.15) is 0 Å². The molecule has 0 fully saturated rings. The minimum Gasteiger partial charge on any atom is -0.493 e. The minimum atomic E-state index is -0.576. The van der Waals surface area contributed by atoms with Crippen LogP contribution < -0.4 is 28.4 Å². The number of hydrogen-bond acceptors (Lipinski definition) is 13. The highest BCUT2D eigenvalue weighted by atomic mass is 16.6. The van der Waals surface area contributed by atoms with Gasteiger partial charge >= 0.3 is 11.9 Å². The quantitative estimate of drug-likeness (QED) is 0.167. The number of methoxy groups -OCH3 is 6. The molecule has 2 aromatic rings. The van der Waals surface area contributed by atoms with Gasteiger partial charge in [0.05, 0.1) is 82.3 Å². The third kappa shape index (κ3) is 9.59. The lowest BCUT2D eigenvalue weighted by Gasteiger charge is -2.15. The van der Waals surface area contributed by atoms with Crippen LogP contribution in [0.5, 0.6) is 34.5 Å². The van der Waals surface area contributed by atoms with Gasteiger partial charge in [0.25, 0.3) is 0 Å². The van der Waals surface area contributed by atoms with E-state index in [1.807, 2.05) is 0 Å². The lowest BCUT2D eigenvalue weighted by atomic mass is 10.1. The molecule has 0 bridgehead atoms. The Hall–Kier alpha value is -3.94. The number of carbonyl (C=O) groups excluding carboxylic acids is 2. The molecule has 0 aromatic heterocycles.